The third-order valence-electron chi connectivity index (χ3n) is 4.27. The molecule has 2 fully saturated rings. The molecule has 0 aromatic heterocycles. The number of amides is 2. The van der Waals surface area contributed by atoms with Crippen LogP contribution in [0, 0.1) is 0 Å². The van der Waals surface area contributed by atoms with E-state index < -0.39 is 0 Å². The molecule has 2 atom stereocenters. The van der Waals surface area contributed by atoms with E-state index in [2.05, 4.69) is 5.32 Å². The number of carbonyl (C=O) groups is 2. The molecule has 1 heterocycles. The Labute approximate surface area is 109 Å². The number of hydrogen-bond acceptors (Lipinski definition) is 2. The van der Waals surface area contributed by atoms with Crippen LogP contribution in [0.5, 0.6) is 0 Å². The fraction of sp³-hybridized carbons (Fsp3) is 0.857. The molecule has 2 unspecified atom stereocenters. The Morgan fingerprint density at radius 1 is 1.11 bits per heavy atom. The van der Waals surface area contributed by atoms with Crippen molar-refractivity contribution in [3.05, 3.63) is 0 Å². The van der Waals surface area contributed by atoms with Gasteiger partial charge in [0.1, 0.15) is 12.1 Å². The lowest BCUT2D eigenvalue weighted by Crippen LogP contribution is -2.65. The Bertz CT molecular complexity index is 324. The molecule has 1 saturated carbocycles. The van der Waals surface area contributed by atoms with Crippen molar-refractivity contribution in [3.63, 3.8) is 0 Å². The summed E-state index contributed by atoms with van der Waals surface area (Å²) in [7, 11) is 0. The van der Waals surface area contributed by atoms with Gasteiger partial charge in [0.2, 0.25) is 11.8 Å². The first kappa shape index (κ1) is 13.4. The van der Waals surface area contributed by atoms with Crippen LogP contribution in [0.3, 0.4) is 0 Å². The van der Waals surface area contributed by atoms with E-state index in [1.54, 1.807) is 0 Å². The molecule has 1 aliphatic carbocycles. The van der Waals surface area contributed by atoms with Gasteiger partial charge in [0.25, 0.3) is 0 Å². The zero-order chi connectivity index (χ0) is 13.1. The summed E-state index contributed by atoms with van der Waals surface area (Å²) in [6, 6.07) is -0.262. The van der Waals surface area contributed by atoms with Crippen LogP contribution in [0.4, 0.5) is 0 Å². The lowest BCUT2D eigenvalue weighted by molar-refractivity contribution is -0.153. The third-order valence-corrected chi connectivity index (χ3v) is 4.27. The van der Waals surface area contributed by atoms with Gasteiger partial charge < -0.3 is 10.2 Å². The fourth-order valence-electron chi connectivity index (χ4n) is 3.24. The summed E-state index contributed by atoms with van der Waals surface area (Å²) in [6.07, 6.45) is 7.15. The predicted octanol–water partition coefficient (Wildman–Crippen LogP) is 1.83. The van der Waals surface area contributed by atoms with Crippen molar-refractivity contribution < 1.29 is 9.59 Å². The minimum Gasteiger partial charge on any atom is -0.343 e. The second-order valence-corrected chi connectivity index (χ2v) is 5.43. The van der Waals surface area contributed by atoms with Crippen LogP contribution in [0.15, 0.2) is 0 Å². The first-order valence-electron chi connectivity index (χ1n) is 7.31. The molecule has 1 N–H and O–H groups in total. The van der Waals surface area contributed by atoms with Gasteiger partial charge in [-0.1, -0.05) is 33.1 Å². The normalized spacial score (nSPS) is 30.4. The molecule has 18 heavy (non-hydrogen) atoms. The largest absolute Gasteiger partial charge is 0.343 e. The lowest BCUT2D eigenvalue weighted by Gasteiger charge is -2.44. The molecule has 2 amide bonds. The molecule has 2 rings (SSSR count). The van der Waals surface area contributed by atoms with Gasteiger partial charge in [-0.3, -0.25) is 9.59 Å². The van der Waals surface area contributed by atoms with Gasteiger partial charge in [-0.2, -0.15) is 0 Å². The molecule has 0 radical (unpaired) electrons. The summed E-state index contributed by atoms with van der Waals surface area (Å²) in [5.41, 5.74) is 0. The Morgan fingerprint density at radius 2 is 1.78 bits per heavy atom. The number of piperazine rings is 1. The zero-order valence-electron chi connectivity index (χ0n) is 11.4. The summed E-state index contributed by atoms with van der Waals surface area (Å²) in [5.74, 6) is 0.172. The highest BCUT2D eigenvalue weighted by molar-refractivity contribution is 5.97. The number of carbonyl (C=O) groups excluding carboxylic acids is 2. The minimum atomic E-state index is -0.303. The van der Waals surface area contributed by atoms with Crippen LogP contribution in [0.1, 0.15) is 58.8 Å². The molecular weight excluding hydrogens is 228 g/mol. The standard InChI is InChI=1S/C14H24N2O2/c1-3-11-14(18)16(10-8-6-5-7-9-10)12(4-2)13(17)15-11/h10-12H,3-9H2,1-2H3,(H,15,17). The average Bonchev–Trinajstić information content (AvgIpc) is 2.41. The third kappa shape index (κ3) is 2.38. The summed E-state index contributed by atoms with van der Waals surface area (Å²) >= 11 is 0. The highest BCUT2D eigenvalue weighted by atomic mass is 16.2. The van der Waals surface area contributed by atoms with Gasteiger partial charge in [-0.05, 0) is 25.7 Å². The molecule has 2 aliphatic rings. The van der Waals surface area contributed by atoms with E-state index in [-0.39, 0.29) is 29.9 Å². The fourth-order valence-corrected chi connectivity index (χ4v) is 3.24. The first-order chi connectivity index (χ1) is 8.69. The molecule has 1 aliphatic heterocycles. The molecule has 4 nitrogen and oxygen atoms in total. The van der Waals surface area contributed by atoms with Crippen molar-refractivity contribution >= 4 is 11.8 Å². The van der Waals surface area contributed by atoms with E-state index in [0.29, 0.717) is 12.8 Å². The Balaban J connectivity index is 2.19. The van der Waals surface area contributed by atoms with Gasteiger partial charge in [-0.15, -0.1) is 0 Å². The molecule has 1 saturated heterocycles. The maximum atomic E-state index is 12.5. The lowest BCUT2D eigenvalue weighted by atomic mass is 9.90. The Hall–Kier alpha value is -1.06. The quantitative estimate of drug-likeness (QED) is 0.833. The number of hydrogen-bond donors (Lipinski definition) is 1. The second kappa shape index (κ2) is 5.72. The SMILES string of the molecule is CCC1NC(=O)C(CC)N(C2CCCCC2)C1=O. The van der Waals surface area contributed by atoms with E-state index in [9.17, 15) is 9.59 Å². The van der Waals surface area contributed by atoms with Crippen molar-refractivity contribution in [3.8, 4) is 0 Å². The molecule has 0 aromatic rings. The second-order valence-electron chi connectivity index (χ2n) is 5.43. The van der Waals surface area contributed by atoms with Crippen LogP contribution in [0.2, 0.25) is 0 Å². The Kier molecular flexibility index (Phi) is 4.25. The van der Waals surface area contributed by atoms with Crippen LogP contribution < -0.4 is 5.32 Å². The van der Waals surface area contributed by atoms with Crippen molar-refractivity contribution in [1.82, 2.24) is 10.2 Å². The summed E-state index contributed by atoms with van der Waals surface area (Å²) in [5, 5.41) is 2.86. The van der Waals surface area contributed by atoms with Gasteiger partial charge in [0.15, 0.2) is 0 Å². The zero-order valence-corrected chi connectivity index (χ0v) is 11.4. The predicted molar refractivity (Wildman–Crippen MR) is 70.0 cm³/mol. The molecule has 0 aromatic carbocycles. The molecular formula is C14H24N2O2. The average molecular weight is 252 g/mol. The van der Waals surface area contributed by atoms with Crippen LogP contribution in [-0.2, 0) is 9.59 Å². The molecule has 102 valence electrons. The van der Waals surface area contributed by atoms with E-state index in [1.807, 2.05) is 18.7 Å². The van der Waals surface area contributed by atoms with Crippen molar-refractivity contribution in [2.45, 2.75) is 76.9 Å². The van der Waals surface area contributed by atoms with Crippen LogP contribution >= 0.6 is 0 Å². The monoisotopic (exact) mass is 252 g/mol. The van der Waals surface area contributed by atoms with Crippen molar-refractivity contribution in [2.75, 3.05) is 0 Å². The summed E-state index contributed by atoms with van der Waals surface area (Å²) in [4.78, 5) is 26.5. The number of nitrogens with one attached hydrogen (secondary N) is 1. The molecule has 0 spiro atoms. The van der Waals surface area contributed by atoms with E-state index in [0.717, 1.165) is 12.8 Å². The first-order valence-corrected chi connectivity index (χ1v) is 7.31. The maximum absolute atomic E-state index is 12.5. The molecule has 4 heteroatoms. The maximum Gasteiger partial charge on any atom is 0.246 e. The van der Waals surface area contributed by atoms with E-state index in [1.165, 1.54) is 19.3 Å². The van der Waals surface area contributed by atoms with Crippen molar-refractivity contribution in [2.24, 2.45) is 0 Å². The highest BCUT2D eigenvalue weighted by Gasteiger charge is 2.42. The summed E-state index contributed by atoms with van der Waals surface area (Å²) < 4.78 is 0. The van der Waals surface area contributed by atoms with E-state index in [4.69, 9.17) is 0 Å². The van der Waals surface area contributed by atoms with Crippen LogP contribution in [0.25, 0.3) is 0 Å². The van der Waals surface area contributed by atoms with E-state index >= 15 is 0 Å². The number of nitrogens with zero attached hydrogens (tertiary/aromatic N) is 1. The van der Waals surface area contributed by atoms with Gasteiger partial charge in [0, 0.05) is 6.04 Å². The Morgan fingerprint density at radius 3 is 2.33 bits per heavy atom. The topological polar surface area (TPSA) is 49.4 Å². The molecule has 0 bridgehead atoms. The van der Waals surface area contributed by atoms with Gasteiger partial charge in [-0.25, -0.2) is 0 Å². The van der Waals surface area contributed by atoms with Gasteiger partial charge >= 0.3 is 0 Å². The van der Waals surface area contributed by atoms with Gasteiger partial charge in [0.05, 0.1) is 0 Å². The van der Waals surface area contributed by atoms with Crippen molar-refractivity contribution in [1.29, 1.82) is 0 Å². The smallest absolute Gasteiger partial charge is 0.246 e. The number of rotatable bonds is 3. The minimum absolute atomic E-state index is 0.0366. The van der Waals surface area contributed by atoms with Crippen LogP contribution in [-0.4, -0.2) is 34.8 Å². The highest BCUT2D eigenvalue weighted by Crippen LogP contribution is 2.27. The summed E-state index contributed by atoms with van der Waals surface area (Å²) in [6.45, 7) is 3.94.